The summed E-state index contributed by atoms with van der Waals surface area (Å²) >= 11 is 0. The molecular formula is C22H27F2N3O2. The van der Waals surface area contributed by atoms with Crippen LogP contribution in [0, 0.1) is 24.5 Å². The maximum absolute atomic E-state index is 14.0. The summed E-state index contributed by atoms with van der Waals surface area (Å²) in [7, 11) is 0. The van der Waals surface area contributed by atoms with Crippen molar-refractivity contribution in [1.29, 1.82) is 0 Å². The van der Waals surface area contributed by atoms with Crippen LogP contribution in [0.5, 0.6) is 0 Å². The first kappa shape index (κ1) is 20.0. The van der Waals surface area contributed by atoms with E-state index in [0.717, 1.165) is 63.6 Å². The molecule has 0 radical (unpaired) electrons. The molecule has 0 atom stereocenters. The standard InChI is InChI=1S/C22H27F2N3O2/c1-15-20(25-21(29-15)18-6-5-17(23)13-19(18)24)14-26-11-7-16(8-12-26)22(28)27-9-3-2-4-10-27/h5-6,13,16H,2-4,7-12,14H2,1H3. The van der Waals surface area contributed by atoms with Crippen molar-refractivity contribution in [1.82, 2.24) is 14.8 Å². The van der Waals surface area contributed by atoms with Gasteiger partial charge in [0.05, 0.1) is 11.3 Å². The third kappa shape index (κ3) is 4.50. The first-order valence-electron chi connectivity index (χ1n) is 10.4. The van der Waals surface area contributed by atoms with Gasteiger partial charge in [-0.05, 0) is 64.3 Å². The SMILES string of the molecule is Cc1oc(-c2ccc(F)cc2F)nc1CN1CCC(C(=O)N2CCCCC2)CC1. The van der Waals surface area contributed by atoms with E-state index in [4.69, 9.17) is 4.42 Å². The topological polar surface area (TPSA) is 49.6 Å². The van der Waals surface area contributed by atoms with Crippen molar-refractivity contribution in [2.75, 3.05) is 26.2 Å². The molecule has 29 heavy (non-hydrogen) atoms. The maximum Gasteiger partial charge on any atom is 0.229 e. The zero-order chi connectivity index (χ0) is 20.4. The van der Waals surface area contributed by atoms with E-state index in [1.807, 2.05) is 4.90 Å². The Labute approximate surface area is 169 Å². The van der Waals surface area contributed by atoms with Crippen molar-refractivity contribution < 1.29 is 18.0 Å². The highest BCUT2D eigenvalue weighted by Gasteiger charge is 2.29. The van der Waals surface area contributed by atoms with Crippen LogP contribution in [0.2, 0.25) is 0 Å². The van der Waals surface area contributed by atoms with Gasteiger partial charge >= 0.3 is 0 Å². The first-order chi connectivity index (χ1) is 14.0. The van der Waals surface area contributed by atoms with Crippen LogP contribution in [-0.4, -0.2) is 46.9 Å². The zero-order valence-electron chi connectivity index (χ0n) is 16.8. The molecule has 0 bridgehead atoms. The third-order valence-electron chi connectivity index (χ3n) is 6.03. The van der Waals surface area contributed by atoms with Crippen molar-refractivity contribution in [3.8, 4) is 11.5 Å². The van der Waals surface area contributed by atoms with E-state index in [0.29, 0.717) is 18.2 Å². The number of likely N-dealkylation sites (tertiary alicyclic amines) is 2. The third-order valence-corrected chi connectivity index (χ3v) is 6.03. The molecule has 3 heterocycles. The van der Waals surface area contributed by atoms with Gasteiger partial charge in [0.15, 0.2) is 0 Å². The molecule has 2 fully saturated rings. The number of carbonyl (C=O) groups is 1. The van der Waals surface area contributed by atoms with Gasteiger partial charge in [-0.3, -0.25) is 9.69 Å². The molecule has 2 saturated heterocycles. The maximum atomic E-state index is 14.0. The van der Waals surface area contributed by atoms with E-state index in [9.17, 15) is 13.6 Å². The molecule has 0 unspecified atom stereocenters. The molecule has 4 rings (SSSR count). The summed E-state index contributed by atoms with van der Waals surface area (Å²) in [4.78, 5) is 21.4. The van der Waals surface area contributed by atoms with E-state index in [2.05, 4.69) is 9.88 Å². The number of benzene rings is 1. The largest absolute Gasteiger partial charge is 0.441 e. The van der Waals surface area contributed by atoms with Crippen LogP contribution in [0.3, 0.4) is 0 Å². The molecule has 0 N–H and O–H groups in total. The van der Waals surface area contributed by atoms with Crippen LogP contribution in [-0.2, 0) is 11.3 Å². The second kappa shape index (κ2) is 8.61. The predicted octanol–water partition coefficient (Wildman–Crippen LogP) is 4.15. The van der Waals surface area contributed by atoms with Crippen LogP contribution in [0.4, 0.5) is 8.78 Å². The summed E-state index contributed by atoms with van der Waals surface area (Å²) in [6.45, 7) is 5.87. The van der Waals surface area contributed by atoms with Crippen molar-refractivity contribution in [2.45, 2.75) is 45.6 Å². The van der Waals surface area contributed by atoms with Crippen LogP contribution in [0.1, 0.15) is 43.6 Å². The van der Waals surface area contributed by atoms with E-state index in [1.54, 1.807) is 6.92 Å². The summed E-state index contributed by atoms with van der Waals surface area (Å²) in [6.07, 6.45) is 5.17. The normalized spacial score (nSPS) is 18.9. The van der Waals surface area contributed by atoms with E-state index < -0.39 is 11.6 Å². The molecule has 0 saturated carbocycles. The van der Waals surface area contributed by atoms with Gasteiger partial charge in [-0.15, -0.1) is 0 Å². The molecular weight excluding hydrogens is 376 g/mol. The number of piperidine rings is 2. The average molecular weight is 403 g/mol. The van der Waals surface area contributed by atoms with Gasteiger partial charge in [0, 0.05) is 31.6 Å². The number of aryl methyl sites for hydroxylation is 1. The Bertz CT molecular complexity index is 869. The Kier molecular flexibility index (Phi) is 5.94. The van der Waals surface area contributed by atoms with Crippen molar-refractivity contribution >= 4 is 5.91 Å². The van der Waals surface area contributed by atoms with Gasteiger partial charge in [0.25, 0.3) is 0 Å². The fourth-order valence-corrected chi connectivity index (χ4v) is 4.28. The molecule has 7 heteroatoms. The molecule has 0 aliphatic carbocycles. The van der Waals surface area contributed by atoms with E-state index in [-0.39, 0.29) is 17.4 Å². The van der Waals surface area contributed by atoms with Gasteiger partial charge in [0.2, 0.25) is 11.8 Å². The predicted molar refractivity (Wildman–Crippen MR) is 105 cm³/mol. The number of amides is 1. The van der Waals surface area contributed by atoms with Crippen molar-refractivity contribution in [3.63, 3.8) is 0 Å². The Morgan fingerprint density at radius 3 is 2.55 bits per heavy atom. The lowest BCUT2D eigenvalue weighted by Crippen LogP contribution is -2.44. The lowest BCUT2D eigenvalue weighted by Gasteiger charge is -2.35. The Morgan fingerprint density at radius 2 is 1.86 bits per heavy atom. The summed E-state index contributed by atoms with van der Waals surface area (Å²) in [5, 5.41) is 0. The van der Waals surface area contributed by atoms with Gasteiger partial charge in [0.1, 0.15) is 17.4 Å². The summed E-state index contributed by atoms with van der Waals surface area (Å²) in [6, 6.07) is 3.37. The molecule has 1 aromatic carbocycles. The molecule has 2 aliphatic heterocycles. The Balaban J connectivity index is 1.36. The summed E-state index contributed by atoms with van der Waals surface area (Å²) in [5.41, 5.74) is 0.913. The minimum Gasteiger partial charge on any atom is -0.441 e. The molecule has 5 nitrogen and oxygen atoms in total. The molecule has 1 aromatic heterocycles. The monoisotopic (exact) mass is 403 g/mol. The number of nitrogens with zero attached hydrogens (tertiary/aromatic N) is 3. The lowest BCUT2D eigenvalue weighted by atomic mass is 9.94. The smallest absolute Gasteiger partial charge is 0.229 e. The number of hydrogen-bond donors (Lipinski definition) is 0. The Hall–Kier alpha value is -2.28. The van der Waals surface area contributed by atoms with Gasteiger partial charge in [-0.1, -0.05) is 0 Å². The molecule has 156 valence electrons. The number of hydrogen-bond acceptors (Lipinski definition) is 4. The molecule has 1 amide bonds. The minimum atomic E-state index is -0.685. The van der Waals surface area contributed by atoms with E-state index >= 15 is 0 Å². The number of carbonyl (C=O) groups excluding carboxylic acids is 1. The van der Waals surface area contributed by atoms with Crippen LogP contribution in [0.15, 0.2) is 22.6 Å². The summed E-state index contributed by atoms with van der Waals surface area (Å²) < 4.78 is 32.8. The van der Waals surface area contributed by atoms with Crippen molar-refractivity contribution in [3.05, 3.63) is 41.3 Å². The lowest BCUT2D eigenvalue weighted by molar-refractivity contribution is -0.138. The van der Waals surface area contributed by atoms with Crippen LogP contribution in [0.25, 0.3) is 11.5 Å². The first-order valence-corrected chi connectivity index (χ1v) is 10.4. The van der Waals surface area contributed by atoms with E-state index in [1.165, 1.54) is 18.6 Å². The van der Waals surface area contributed by atoms with Gasteiger partial charge in [-0.2, -0.15) is 0 Å². The highest BCUT2D eigenvalue weighted by molar-refractivity contribution is 5.79. The number of rotatable bonds is 4. The molecule has 2 aromatic rings. The highest BCUT2D eigenvalue weighted by Crippen LogP contribution is 2.27. The quantitative estimate of drug-likeness (QED) is 0.770. The van der Waals surface area contributed by atoms with Gasteiger partial charge < -0.3 is 9.32 Å². The second-order valence-corrected chi connectivity index (χ2v) is 8.08. The van der Waals surface area contributed by atoms with Crippen LogP contribution >= 0.6 is 0 Å². The fraction of sp³-hybridized carbons (Fsp3) is 0.545. The average Bonchev–Trinajstić information content (AvgIpc) is 3.08. The minimum absolute atomic E-state index is 0.117. The number of aromatic nitrogens is 1. The molecule has 2 aliphatic rings. The highest BCUT2D eigenvalue weighted by atomic mass is 19.1. The fourth-order valence-electron chi connectivity index (χ4n) is 4.28. The molecule has 0 spiro atoms. The number of halogens is 2. The van der Waals surface area contributed by atoms with Crippen LogP contribution < -0.4 is 0 Å². The van der Waals surface area contributed by atoms with Gasteiger partial charge in [-0.25, -0.2) is 13.8 Å². The zero-order valence-corrected chi connectivity index (χ0v) is 16.8. The summed E-state index contributed by atoms with van der Waals surface area (Å²) in [5.74, 6) is -0.0744. The van der Waals surface area contributed by atoms with Crippen molar-refractivity contribution in [2.24, 2.45) is 5.92 Å². The Morgan fingerprint density at radius 1 is 1.14 bits per heavy atom. The number of oxazole rings is 1. The second-order valence-electron chi connectivity index (χ2n) is 8.08.